The summed E-state index contributed by atoms with van der Waals surface area (Å²) in [7, 11) is 0. The van der Waals surface area contributed by atoms with Crippen molar-refractivity contribution in [2.45, 2.75) is 12.5 Å². The lowest BCUT2D eigenvalue weighted by molar-refractivity contribution is 0.144. The maximum atomic E-state index is 8.95. The zero-order chi connectivity index (χ0) is 14.5. The normalized spacial score (nSPS) is 18.9. The molecule has 0 spiro atoms. The number of rotatable bonds is 4. The second-order valence-electron chi connectivity index (χ2n) is 5.19. The fourth-order valence-electron chi connectivity index (χ4n) is 2.71. The predicted octanol–water partition coefficient (Wildman–Crippen LogP) is 2.68. The number of nitrogens with one attached hydrogen (secondary N) is 1. The molecule has 0 saturated carbocycles. The van der Waals surface area contributed by atoms with E-state index < -0.39 is 0 Å². The second kappa shape index (κ2) is 6.38. The summed E-state index contributed by atoms with van der Waals surface area (Å²) in [5.41, 5.74) is 1.55. The molecule has 4 nitrogen and oxygen atoms in total. The van der Waals surface area contributed by atoms with Crippen LogP contribution in [0.3, 0.4) is 0 Å². The Morgan fingerprint density at radius 3 is 2.86 bits per heavy atom. The van der Waals surface area contributed by atoms with Gasteiger partial charge in [-0.3, -0.25) is 0 Å². The van der Waals surface area contributed by atoms with Crippen molar-refractivity contribution < 1.29 is 4.74 Å². The van der Waals surface area contributed by atoms with Crippen LogP contribution in [0.1, 0.15) is 23.8 Å². The summed E-state index contributed by atoms with van der Waals surface area (Å²) in [6.45, 7) is 1.98. The second-order valence-corrected chi connectivity index (χ2v) is 5.19. The molecule has 1 saturated heterocycles. The summed E-state index contributed by atoms with van der Waals surface area (Å²) in [5.74, 6) is 1.13. The fourth-order valence-corrected chi connectivity index (χ4v) is 2.71. The fraction of sp³-hybridized carbons (Fsp3) is 0.294. The lowest BCUT2D eigenvalue weighted by atomic mass is 9.95. The zero-order valence-corrected chi connectivity index (χ0v) is 11.7. The summed E-state index contributed by atoms with van der Waals surface area (Å²) >= 11 is 0. The molecule has 2 atom stereocenters. The minimum absolute atomic E-state index is 0.00450. The lowest BCUT2D eigenvalue weighted by Gasteiger charge is -2.24. The van der Waals surface area contributed by atoms with Gasteiger partial charge >= 0.3 is 0 Å². The van der Waals surface area contributed by atoms with Gasteiger partial charge in [0.1, 0.15) is 23.6 Å². The van der Waals surface area contributed by atoms with Gasteiger partial charge in [-0.15, -0.1) is 0 Å². The van der Waals surface area contributed by atoms with Crippen LogP contribution in [0, 0.1) is 17.2 Å². The molecule has 3 rings (SSSR count). The van der Waals surface area contributed by atoms with E-state index >= 15 is 0 Å². The Morgan fingerprint density at radius 2 is 2.14 bits per heavy atom. The average Bonchev–Trinajstić information content (AvgIpc) is 3.08. The Kier molecular flexibility index (Phi) is 4.13. The zero-order valence-electron chi connectivity index (χ0n) is 11.7. The molecular weight excluding hydrogens is 262 g/mol. The number of hydrogen-bond acceptors (Lipinski definition) is 4. The highest BCUT2D eigenvalue weighted by Gasteiger charge is 2.28. The molecule has 0 bridgehead atoms. The summed E-state index contributed by atoms with van der Waals surface area (Å²) in [5, 5.41) is 12.3. The topological polar surface area (TPSA) is 57.9 Å². The Labute approximate surface area is 124 Å². The van der Waals surface area contributed by atoms with Crippen LogP contribution in [-0.4, -0.2) is 18.1 Å². The molecule has 0 unspecified atom stereocenters. The maximum Gasteiger partial charge on any atom is 0.144 e. The Bertz CT molecular complexity index is 630. The maximum absolute atomic E-state index is 8.95. The van der Waals surface area contributed by atoms with Gasteiger partial charge in [0.15, 0.2) is 0 Å². The average molecular weight is 279 g/mol. The van der Waals surface area contributed by atoms with Crippen LogP contribution in [0.5, 0.6) is 5.75 Å². The first-order chi connectivity index (χ1) is 10.4. The van der Waals surface area contributed by atoms with E-state index in [0.29, 0.717) is 17.4 Å². The first-order valence-electron chi connectivity index (χ1n) is 7.15. The molecule has 106 valence electrons. The van der Waals surface area contributed by atoms with Gasteiger partial charge in [0, 0.05) is 24.7 Å². The molecule has 0 amide bonds. The van der Waals surface area contributed by atoms with E-state index in [4.69, 9.17) is 10.00 Å². The van der Waals surface area contributed by atoms with Crippen LogP contribution in [0.2, 0.25) is 0 Å². The largest absolute Gasteiger partial charge is 0.485 e. The van der Waals surface area contributed by atoms with Crippen LogP contribution >= 0.6 is 0 Å². The number of ether oxygens (including phenoxy) is 1. The minimum atomic E-state index is -0.00450. The van der Waals surface area contributed by atoms with E-state index in [0.717, 1.165) is 19.5 Å². The van der Waals surface area contributed by atoms with Crippen LogP contribution in [-0.2, 0) is 0 Å². The Morgan fingerprint density at radius 1 is 1.29 bits per heavy atom. The van der Waals surface area contributed by atoms with Gasteiger partial charge in [-0.05, 0) is 24.6 Å². The molecule has 2 aromatic rings. The van der Waals surface area contributed by atoms with E-state index in [1.54, 1.807) is 18.3 Å². The summed E-state index contributed by atoms with van der Waals surface area (Å²) in [4.78, 5) is 3.98. The highest BCUT2D eigenvalue weighted by Crippen LogP contribution is 2.31. The molecule has 1 aliphatic heterocycles. The molecule has 0 radical (unpaired) electrons. The van der Waals surface area contributed by atoms with E-state index in [-0.39, 0.29) is 6.10 Å². The van der Waals surface area contributed by atoms with Gasteiger partial charge in [0.05, 0.1) is 0 Å². The molecule has 1 aromatic carbocycles. The van der Waals surface area contributed by atoms with Gasteiger partial charge in [-0.2, -0.15) is 5.26 Å². The van der Waals surface area contributed by atoms with Crippen molar-refractivity contribution >= 4 is 0 Å². The summed E-state index contributed by atoms with van der Waals surface area (Å²) in [6.07, 6.45) is 2.70. The molecule has 4 heteroatoms. The monoisotopic (exact) mass is 279 g/mol. The van der Waals surface area contributed by atoms with E-state index in [1.165, 1.54) is 5.56 Å². The molecule has 1 aromatic heterocycles. The molecule has 1 aliphatic rings. The summed E-state index contributed by atoms with van der Waals surface area (Å²) in [6, 6.07) is 15.8. The molecular formula is C17H17N3O. The van der Waals surface area contributed by atoms with Crippen molar-refractivity contribution in [1.82, 2.24) is 10.3 Å². The van der Waals surface area contributed by atoms with Gasteiger partial charge in [0.2, 0.25) is 0 Å². The standard InChI is InChI=1S/C17H17N3O/c18-11-15-10-16(7-9-20-15)21-17(14-6-8-19-12-14)13-4-2-1-3-5-13/h1-5,7,9-10,14,17,19H,6,8,12H2/t14-,17-/m0/s1. The van der Waals surface area contributed by atoms with Gasteiger partial charge < -0.3 is 10.1 Å². The molecule has 0 aliphatic carbocycles. The van der Waals surface area contributed by atoms with E-state index in [9.17, 15) is 0 Å². The molecule has 2 heterocycles. The van der Waals surface area contributed by atoms with Gasteiger partial charge in [0.25, 0.3) is 0 Å². The van der Waals surface area contributed by atoms with Crippen molar-refractivity contribution in [2.75, 3.05) is 13.1 Å². The van der Waals surface area contributed by atoms with Crippen molar-refractivity contribution in [2.24, 2.45) is 5.92 Å². The minimum Gasteiger partial charge on any atom is -0.485 e. The third kappa shape index (κ3) is 3.21. The Hall–Kier alpha value is -2.38. The molecule has 21 heavy (non-hydrogen) atoms. The van der Waals surface area contributed by atoms with Crippen molar-refractivity contribution in [3.8, 4) is 11.8 Å². The van der Waals surface area contributed by atoms with Crippen LogP contribution in [0.25, 0.3) is 0 Å². The van der Waals surface area contributed by atoms with Crippen LogP contribution in [0.4, 0.5) is 0 Å². The number of benzene rings is 1. The van der Waals surface area contributed by atoms with Crippen LogP contribution < -0.4 is 10.1 Å². The number of hydrogen-bond donors (Lipinski definition) is 1. The van der Waals surface area contributed by atoms with E-state index in [2.05, 4.69) is 22.4 Å². The third-order valence-electron chi connectivity index (χ3n) is 3.76. The smallest absolute Gasteiger partial charge is 0.144 e. The van der Waals surface area contributed by atoms with Gasteiger partial charge in [-0.25, -0.2) is 4.98 Å². The Balaban J connectivity index is 1.87. The van der Waals surface area contributed by atoms with E-state index in [1.807, 2.05) is 24.3 Å². The van der Waals surface area contributed by atoms with Crippen molar-refractivity contribution in [3.63, 3.8) is 0 Å². The highest BCUT2D eigenvalue weighted by atomic mass is 16.5. The lowest BCUT2D eigenvalue weighted by Crippen LogP contribution is -2.21. The quantitative estimate of drug-likeness (QED) is 0.934. The van der Waals surface area contributed by atoms with Crippen molar-refractivity contribution in [3.05, 3.63) is 59.9 Å². The number of nitriles is 1. The third-order valence-corrected chi connectivity index (χ3v) is 3.76. The number of aromatic nitrogens is 1. The summed E-state index contributed by atoms with van der Waals surface area (Å²) < 4.78 is 6.20. The highest BCUT2D eigenvalue weighted by molar-refractivity contribution is 5.31. The SMILES string of the molecule is N#Cc1cc(O[C@@H](c2ccccc2)[C@H]2CCNC2)ccn1. The number of nitrogens with zero attached hydrogens (tertiary/aromatic N) is 2. The van der Waals surface area contributed by atoms with Gasteiger partial charge in [-0.1, -0.05) is 30.3 Å². The predicted molar refractivity (Wildman–Crippen MR) is 79.7 cm³/mol. The number of pyridine rings is 1. The molecule has 1 fully saturated rings. The van der Waals surface area contributed by atoms with Crippen LogP contribution in [0.15, 0.2) is 48.7 Å². The van der Waals surface area contributed by atoms with Crippen molar-refractivity contribution in [1.29, 1.82) is 5.26 Å². The first kappa shape index (κ1) is 13.6. The first-order valence-corrected chi connectivity index (χ1v) is 7.15. The molecule has 1 N–H and O–H groups in total.